The van der Waals surface area contributed by atoms with Gasteiger partial charge in [-0.25, -0.2) is 0 Å². The number of hydrogen-bond acceptors (Lipinski definition) is 3. The molecule has 28 heavy (non-hydrogen) atoms. The quantitative estimate of drug-likeness (QED) is 0.631. The number of rotatable bonds is 4. The van der Waals surface area contributed by atoms with Gasteiger partial charge in [-0.15, -0.1) is 0 Å². The van der Waals surface area contributed by atoms with Crippen molar-refractivity contribution in [2.24, 2.45) is 23.7 Å². The summed E-state index contributed by atoms with van der Waals surface area (Å²) in [4.78, 5) is 7.17. The summed E-state index contributed by atoms with van der Waals surface area (Å²) in [6, 6.07) is 8.94. The number of nitrogens with two attached hydrogens (primary N) is 1. The molecule has 0 bridgehead atoms. The molecule has 1 aliphatic heterocycles. The summed E-state index contributed by atoms with van der Waals surface area (Å²) in [6.45, 7) is 1.84. The van der Waals surface area contributed by atoms with Gasteiger partial charge in [0.05, 0.1) is 11.7 Å². The first-order valence-electron chi connectivity index (χ1n) is 10.5. The van der Waals surface area contributed by atoms with Crippen molar-refractivity contribution in [2.45, 2.75) is 44.6 Å². The normalized spacial score (nSPS) is 23.4. The molecule has 0 saturated carbocycles. The molecule has 3 N–H and O–H groups in total. The Balaban J connectivity index is 1.47. The number of piperidine rings is 1. The van der Waals surface area contributed by atoms with Gasteiger partial charge in [0.1, 0.15) is 0 Å². The van der Waals surface area contributed by atoms with Gasteiger partial charge in [-0.1, -0.05) is 12.1 Å². The summed E-state index contributed by atoms with van der Waals surface area (Å²) in [5, 5.41) is 7.75. The van der Waals surface area contributed by atoms with Crippen molar-refractivity contribution in [3.05, 3.63) is 47.3 Å². The Morgan fingerprint density at radius 1 is 1.21 bits per heavy atom. The molecule has 6 heteroatoms. The van der Waals surface area contributed by atoms with Crippen molar-refractivity contribution < 1.29 is 0 Å². The number of aliphatic imine (C=N–C) groups is 1. The SMILES string of the molecule is CN1CCC[C@@H](CN=C(N)Nc2cccc3c2CCCC3)[C@@H]1c1ccnn1C. The number of benzene rings is 1. The second-order valence-electron chi connectivity index (χ2n) is 8.21. The number of anilines is 1. The lowest BCUT2D eigenvalue weighted by atomic mass is 9.87. The van der Waals surface area contributed by atoms with E-state index in [-0.39, 0.29) is 0 Å². The highest BCUT2D eigenvalue weighted by atomic mass is 15.3. The maximum absolute atomic E-state index is 6.29. The second kappa shape index (κ2) is 8.35. The first-order valence-corrected chi connectivity index (χ1v) is 10.5. The number of hydrogen-bond donors (Lipinski definition) is 2. The number of fused-ring (bicyclic) bond motifs is 1. The van der Waals surface area contributed by atoms with Crippen LogP contribution in [0.1, 0.15) is 48.5 Å². The van der Waals surface area contributed by atoms with Gasteiger partial charge in [-0.2, -0.15) is 5.10 Å². The molecule has 0 radical (unpaired) electrons. The van der Waals surface area contributed by atoms with Crippen molar-refractivity contribution in [2.75, 3.05) is 25.5 Å². The Kier molecular flexibility index (Phi) is 5.67. The first-order chi connectivity index (χ1) is 13.6. The average molecular weight is 381 g/mol. The zero-order valence-corrected chi connectivity index (χ0v) is 17.1. The number of aryl methyl sites for hydroxylation is 2. The third kappa shape index (κ3) is 3.92. The largest absolute Gasteiger partial charge is 0.370 e. The molecule has 0 unspecified atom stereocenters. The molecule has 2 heterocycles. The van der Waals surface area contributed by atoms with E-state index in [1.165, 1.54) is 42.5 Å². The standard InChI is InChI=1S/C22H32N6/c1-27-14-6-9-17(21(27)20-12-13-25-28(20)2)15-24-22(23)26-19-11-5-8-16-7-3-4-10-18(16)19/h5,8,11-13,17,21H,3-4,6-7,9-10,14-15H2,1-2H3,(H3,23,24,26)/t17-,21+/m0/s1. The van der Waals surface area contributed by atoms with Crippen LogP contribution in [-0.2, 0) is 19.9 Å². The van der Waals surface area contributed by atoms with Crippen molar-refractivity contribution >= 4 is 11.6 Å². The molecule has 1 aromatic heterocycles. The molecule has 1 saturated heterocycles. The predicted molar refractivity (Wildman–Crippen MR) is 114 cm³/mol. The van der Waals surface area contributed by atoms with Crippen LogP contribution in [0.25, 0.3) is 0 Å². The highest BCUT2D eigenvalue weighted by Gasteiger charge is 2.32. The number of likely N-dealkylation sites (tertiary alicyclic amines) is 1. The summed E-state index contributed by atoms with van der Waals surface area (Å²) in [5.41, 5.74) is 11.5. The van der Waals surface area contributed by atoms with Crippen LogP contribution >= 0.6 is 0 Å². The molecular weight excluding hydrogens is 348 g/mol. The number of aromatic nitrogens is 2. The zero-order valence-electron chi connectivity index (χ0n) is 17.1. The van der Waals surface area contributed by atoms with E-state index < -0.39 is 0 Å². The Morgan fingerprint density at radius 2 is 2.07 bits per heavy atom. The van der Waals surface area contributed by atoms with E-state index >= 15 is 0 Å². The molecule has 1 fully saturated rings. The minimum absolute atomic E-state index is 0.335. The van der Waals surface area contributed by atoms with Crippen molar-refractivity contribution in [3.8, 4) is 0 Å². The van der Waals surface area contributed by atoms with Crippen LogP contribution in [0, 0.1) is 5.92 Å². The molecule has 2 aliphatic rings. The molecule has 2 atom stereocenters. The van der Waals surface area contributed by atoms with Crippen LogP contribution < -0.4 is 11.1 Å². The lowest BCUT2D eigenvalue weighted by Crippen LogP contribution is -2.39. The molecule has 2 aromatic rings. The van der Waals surface area contributed by atoms with Crippen LogP contribution in [0.2, 0.25) is 0 Å². The van der Waals surface area contributed by atoms with Gasteiger partial charge >= 0.3 is 0 Å². The minimum Gasteiger partial charge on any atom is -0.370 e. The molecule has 1 aliphatic carbocycles. The smallest absolute Gasteiger partial charge is 0.193 e. The van der Waals surface area contributed by atoms with E-state index in [2.05, 4.69) is 46.6 Å². The van der Waals surface area contributed by atoms with Crippen LogP contribution in [0.4, 0.5) is 5.69 Å². The number of nitrogens with one attached hydrogen (secondary N) is 1. The summed E-state index contributed by atoms with van der Waals surface area (Å²) in [5.74, 6) is 0.968. The van der Waals surface area contributed by atoms with Crippen molar-refractivity contribution in [3.63, 3.8) is 0 Å². The maximum Gasteiger partial charge on any atom is 0.193 e. The van der Waals surface area contributed by atoms with Gasteiger partial charge in [-0.3, -0.25) is 14.6 Å². The zero-order chi connectivity index (χ0) is 19.5. The van der Waals surface area contributed by atoms with Crippen LogP contribution in [0.15, 0.2) is 35.5 Å². The molecule has 4 rings (SSSR count). The van der Waals surface area contributed by atoms with Gasteiger partial charge < -0.3 is 11.1 Å². The maximum atomic E-state index is 6.29. The van der Waals surface area contributed by atoms with Gasteiger partial charge in [0, 0.05) is 25.5 Å². The molecular formula is C22H32N6. The molecule has 1 aromatic carbocycles. The Hall–Kier alpha value is -2.34. The van der Waals surface area contributed by atoms with Gasteiger partial charge in [0.25, 0.3) is 0 Å². The fourth-order valence-electron chi connectivity index (χ4n) is 4.88. The number of guanidine groups is 1. The molecule has 0 amide bonds. The van der Waals surface area contributed by atoms with E-state index in [9.17, 15) is 0 Å². The molecule has 150 valence electrons. The van der Waals surface area contributed by atoms with Crippen LogP contribution in [0.5, 0.6) is 0 Å². The third-order valence-electron chi connectivity index (χ3n) is 6.32. The summed E-state index contributed by atoms with van der Waals surface area (Å²) < 4.78 is 1.99. The Labute approximate surface area is 167 Å². The van der Waals surface area contributed by atoms with Gasteiger partial charge in [0.15, 0.2) is 5.96 Å². The van der Waals surface area contributed by atoms with Crippen LogP contribution in [-0.4, -0.2) is 40.8 Å². The molecule has 6 nitrogen and oxygen atoms in total. The summed E-state index contributed by atoms with van der Waals surface area (Å²) >= 11 is 0. The Morgan fingerprint density at radius 3 is 2.89 bits per heavy atom. The molecule has 0 spiro atoms. The highest BCUT2D eigenvalue weighted by Crippen LogP contribution is 2.35. The van der Waals surface area contributed by atoms with Crippen molar-refractivity contribution in [1.82, 2.24) is 14.7 Å². The summed E-state index contributed by atoms with van der Waals surface area (Å²) in [6.07, 6.45) is 9.08. The average Bonchev–Trinajstić information content (AvgIpc) is 3.12. The van der Waals surface area contributed by atoms with Crippen LogP contribution in [0.3, 0.4) is 0 Å². The monoisotopic (exact) mass is 380 g/mol. The lowest BCUT2D eigenvalue weighted by Gasteiger charge is -2.38. The summed E-state index contributed by atoms with van der Waals surface area (Å²) in [7, 11) is 4.22. The number of nitrogens with zero attached hydrogens (tertiary/aromatic N) is 4. The van der Waals surface area contributed by atoms with Gasteiger partial charge in [0.2, 0.25) is 0 Å². The Bertz CT molecular complexity index is 839. The lowest BCUT2D eigenvalue weighted by molar-refractivity contribution is 0.119. The van der Waals surface area contributed by atoms with E-state index in [0.717, 1.165) is 31.6 Å². The van der Waals surface area contributed by atoms with E-state index in [0.29, 0.717) is 17.9 Å². The fraction of sp³-hybridized carbons (Fsp3) is 0.545. The minimum atomic E-state index is 0.335. The first kappa shape index (κ1) is 19.0. The second-order valence-corrected chi connectivity index (χ2v) is 8.21. The van der Waals surface area contributed by atoms with E-state index in [4.69, 9.17) is 10.7 Å². The van der Waals surface area contributed by atoms with E-state index in [1.807, 2.05) is 17.9 Å². The van der Waals surface area contributed by atoms with Crippen molar-refractivity contribution in [1.29, 1.82) is 0 Å². The van der Waals surface area contributed by atoms with E-state index in [1.54, 1.807) is 0 Å². The topological polar surface area (TPSA) is 71.5 Å². The predicted octanol–water partition coefficient (Wildman–Crippen LogP) is 3.11. The third-order valence-corrected chi connectivity index (χ3v) is 6.32. The fourth-order valence-corrected chi connectivity index (χ4v) is 4.88. The van der Waals surface area contributed by atoms with Gasteiger partial charge in [-0.05, 0) is 81.3 Å². The highest BCUT2D eigenvalue weighted by molar-refractivity contribution is 5.93.